The van der Waals surface area contributed by atoms with Crippen molar-refractivity contribution in [2.24, 2.45) is 0 Å². The minimum atomic E-state index is -0.628. The standard InChI is InChI=1S/C29H37N3O5/c1-20-13-32(16-24(33)15-30-10-8-21-4-2-3-5-22(21)14-30)29(34)27-7-6-25(12-28(27)36-20)37-26-9-11-31(17-26)23-18-35-19-23/h2-7,12,20,23-24,26,33H,8-11,13-19H2,1H3/t20-,24?,26-/m1/s1. The predicted octanol–water partition coefficient (Wildman–Crippen LogP) is 2.18. The van der Waals surface area contributed by atoms with E-state index < -0.39 is 6.10 Å². The van der Waals surface area contributed by atoms with E-state index in [0.717, 1.165) is 58.0 Å². The van der Waals surface area contributed by atoms with Gasteiger partial charge in [-0.1, -0.05) is 24.3 Å². The van der Waals surface area contributed by atoms with Gasteiger partial charge in [0.2, 0.25) is 0 Å². The van der Waals surface area contributed by atoms with Crippen LogP contribution in [0.1, 0.15) is 34.8 Å². The van der Waals surface area contributed by atoms with Crippen LogP contribution in [0.15, 0.2) is 42.5 Å². The summed E-state index contributed by atoms with van der Waals surface area (Å²) in [6.07, 6.45) is 1.29. The molecule has 6 rings (SSSR count). The quantitative estimate of drug-likeness (QED) is 0.616. The molecule has 2 aromatic carbocycles. The molecule has 4 aliphatic heterocycles. The molecule has 2 saturated heterocycles. The average molecular weight is 508 g/mol. The number of carbonyl (C=O) groups excluding carboxylic acids is 1. The van der Waals surface area contributed by atoms with Crippen LogP contribution in [-0.4, -0.2) is 103 Å². The predicted molar refractivity (Wildman–Crippen MR) is 139 cm³/mol. The largest absolute Gasteiger partial charge is 0.489 e. The minimum Gasteiger partial charge on any atom is -0.489 e. The van der Waals surface area contributed by atoms with Crippen LogP contribution >= 0.6 is 0 Å². The van der Waals surface area contributed by atoms with Gasteiger partial charge in [0.05, 0.1) is 37.5 Å². The van der Waals surface area contributed by atoms with E-state index in [0.29, 0.717) is 30.4 Å². The van der Waals surface area contributed by atoms with Crippen molar-refractivity contribution in [3.63, 3.8) is 0 Å². The van der Waals surface area contributed by atoms with Crippen LogP contribution in [0.4, 0.5) is 0 Å². The second-order valence-corrected chi connectivity index (χ2v) is 10.9. The molecule has 8 nitrogen and oxygen atoms in total. The number of aliphatic hydroxyl groups excluding tert-OH is 1. The van der Waals surface area contributed by atoms with Gasteiger partial charge in [-0.05, 0) is 43.0 Å². The summed E-state index contributed by atoms with van der Waals surface area (Å²) in [5, 5.41) is 10.9. The summed E-state index contributed by atoms with van der Waals surface area (Å²) >= 11 is 0. The summed E-state index contributed by atoms with van der Waals surface area (Å²) in [4.78, 5) is 19.9. The first-order valence-corrected chi connectivity index (χ1v) is 13.6. The summed E-state index contributed by atoms with van der Waals surface area (Å²) in [5.74, 6) is 1.18. The molecule has 0 radical (unpaired) electrons. The molecule has 0 aliphatic carbocycles. The van der Waals surface area contributed by atoms with E-state index in [1.54, 1.807) is 11.0 Å². The smallest absolute Gasteiger partial charge is 0.257 e. The molecule has 3 atom stereocenters. The Morgan fingerprint density at radius 3 is 2.73 bits per heavy atom. The van der Waals surface area contributed by atoms with Crippen LogP contribution in [0.2, 0.25) is 0 Å². The molecule has 198 valence electrons. The number of β-amino-alcohol motifs (C(OH)–C–C–N with tert-alkyl or cyclic N) is 1. The van der Waals surface area contributed by atoms with Gasteiger partial charge in [-0.2, -0.15) is 0 Å². The summed E-state index contributed by atoms with van der Waals surface area (Å²) in [7, 11) is 0. The van der Waals surface area contributed by atoms with Crippen molar-refractivity contribution in [1.82, 2.24) is 14.7 Å². The van der Waals surface area contributed by atoms with Crippen LogP contribution in [-0.2, 0) is 17.7 Å². The number of nitrogens with zero attached hydrogens (tertiary/aromatic N) is 3. The zero-order valence-corrected chi connectivity index (χ0v) is 21.6. The Labute approximate surface area is 218 Å². The maximum absolute atomic E-state index is 13.4. The van der Waals surface area contributed by atoms with E-state index in [-0.39, 0.29) is 24.7 Å². The summed E-state index contributed by atoms with van der Waals surface area (Å²) in [6, 6.07) is 14.5. The summed E-state index contributed by atoms with van der Waals surface area (Å²) in [5.41, 5.74) is 3.23. The topological polar surface area (TPSA) is 74.7 Å². The van der Waals surface area contributed by atoms with Crippen molar-refractivity contribution in [1.29, 1.82) is 0 Å². The number of fused-ring (bicyclic) bond motifs is 2. The van der Waals surface area contributed by atoms with Crippen molar-refractivity contribution < 1.29 is 24.1 Å². The van der Waals surface area contributed by atoms with Crippen LogP contribution < -0.4 is 9.47 Å². The van der Waals surface area contributed by atoms with Gasteiger partial charge in [-0.25, -0.2) is 0 Å². The lowest BCUT2D eigenvalue weighted by Crippen LogP contribution is -2.48. The van der Waals surface area contributed by atoms with Gasteiger partial charge in [0, 0.05) is 45.3 Å². The Kier molecular flexibility index (Phi) is 7.08. The monoisotopic (exact) mass is 507 g/mol. The lowest BCUT2D eigenvalue weighted by molar-refractivity contribution is -0.0592. The fourth-order valence-electron chi connectivity index (χ4n) is 5.95. The second kappa shape index (κ2) is 10.6. The minimum absolute atomic E-state index is 0.106. The van der Waals surface area contributed by atoms with E-state index in [1.807, 2.05) is 19.1 Å². The average Bonchev–Trinajstić information content (AvgIpc) is 3.25. The molecule has 1 unspecified atom stereocenters. The number of rotatable bonds is 7. The van der Waals surface area contributed by atoms with Gasteiger partial charge in [-0.3, -0.25) is 14.6 Å². The van der Waals surface area contributed by atoms with Gasteiger partial charge in [0.1, 0.15) is 23.7 Å². The summed E-state index contributed by atoms with van der Waals surface area (Å²) in [6.45, 7) is 8.53. The molecular weight excluding hydrogens is 470 g/mol. The molecule has 0 saturated carbocycles. The van der Waals surface area contributed by atoms with Crippen molar-refractivity contribution in [2.45, 2.75) is 50.7 Å². The molecule has 0 bridgehead atoms. The first-order valence-electron chi connectivity index (χ1n) is 13.6. The lowest BCUT2D eigenvalue weighted by atomic mass is 10.00. The van der Waals surface area contributed by atoms with Crippen molar-refractivity contribution in [2.75, 3.05) is 52.5 Å². The highest BCUT2D eigenvalue weighted by Crippen LogP contribution is 2.31. The van der Waals surface area contributed by atoms with Crippen LogP contribution in [0.3, 0.4) is 0 Å². The third-order valence-corrected chi connectivity index (χ3v) is 8.00. The number of carbonyl (C=O) groups is 1. The van der Waals surface area contributed by atoms with Crippen molar-refractivity contribution in [3.05, 3.63) is 59.2 Å². The second-order valence-electron chi connectivity index (χ2n) is 10.9. The molecule has 37 heavy (non-hydrogen) atoms. The maximum atomic E-state index is 13.4. The number of aliphatic hydroxyl groups is 1. The molecule has 0 spiro atoms. The van der Waals surface area contributed by atoms with E-state index >= 15 is 0 Å². The Bertz CT molecular complexity index is 1120. The van der Waals surface area contributed by atoms with Gasteiger partial charge >= 0.3 is 0 Å². The summed E-state index contributed by atoms with van der Waals surface area (Å²) < 4.78 is 17.8. The highest BCUT2D eigenvalue weighted by molar-refractivity contribution is 5.97. The molecule has 1 amide bonds. The normalized spacial score (nSPS) is 25.6. The SMILES string of the molecule is C[C@@H]1CN(CC(O)CN2CCc3ccccc3C2)C(=O)c2ccc(O[C@@H]3CCN(C4COC4)C3)cc2O1. The highest BCUT2D eigenvalue weighted by Gasteiger charge is 2.34. The third-order valence-electron chi connectivity index (χ3n) is 8.00. The Morgan fingerprint density at radius 2 is 1.92 bits per heavy atom. The Hall–Kier alpha value is -2.65. The van der Waals surface area contributed by atoms with Gasteiger partial charge in [0.25, 0.3) is 5.91 Å². The fraction of sp³-hybridized carbons (Fsp3) is 0.552. The van der Waals surface area contributed by atoms with Crippen LogP contribution in [0.25, 0.3) is 0 Å². The van der Waals surface area contributed by atoms with Gasteiger partial charge < -0.3 is 24.2 Å². The number of hydrogen-bond acceptors (Lipinski definition) is 7. The van der Waals surface area contributed by atoms with Crippen LogP contribution in [0, 0.1) is 0 Å². The number of benzene rings is 2. The number of amides is 1. The number of likely N-dealkylation sites (tertiary alicyclic amines) is 1. The van der Waals surface area contributed by atoms with E-state index in [2.05, 4.69) is 34.1 Å². The third kappa shape index (κ3) is 5.48. The zero-order valence-electron chi connectivity index (χ0n) is 21.6. The van der Waals surface area contributed by atoms with Gasteiger partial charge in [0.15, 0.2) is 0 Å². The fourth-order valence-corrected chi connectivity index (χ4v) is 5.95. The molecule has 8 heteroatoms. The number of ether oxygens (including phenoxy) is 3. The Balaban J connectivity index is 1.07. The highest BCUT2D eigenvalue weighted by atomic mass is 16.5. The molecule has 0 aromatic heterocycles. The van der Waals surface area contributed by atoms with Crippen molar-refractivity contribution in [3.8, 4) is 11.5 Å². The van der Waals surface area contributed by atoms with E-state index in [1.165, 1.54) is 11.1 Å². The lowest BCUT2D eigenvalue weighted by Gasteiger charge is -2.34. The maximum Gasteiger partial charge on any atom is 0.257 e. The zero-order chi connectivity index (χ0) is 25.4. The molecule has 2 fully saturated rings. The molecule has 2 aromatic rings. The molecule has 4 aliphatic rings. The van der Waals surface area contributed by atoms with E-state index in [4.69, 9.17) is 14.2 Å². The van der Waals surface area contributed by atoms with Gasteiger partial charge in [-0.15, -0.1) is 0 Å². The molecule has 4 heterocycles. The Morgan fingerprint density at radius 1 is 1.08 bits per heavy atom. The first-order chi connectivity index (χ1) is 18.0. The first kappa shape index (κ1) is 24.7. The molecule has 1 N–H and O–H groups in total. The van der Waals surface area contributed by atoms with Crippen molar-refractivity contribution >= 4 is 5.91 Å². The van der Waals surface area contributed by atoms with E-state index in [9.17, 15) is 9.90 Å². The number of hydrogen-bond donors (Lipinski definition) is 1. The molecular formula is C29H37N3O5. The van der Waals surface area contributed by atoms with Crippen LogP contribution in [0.5, 0.6) is 11.5 Å².